The molecule has 0 spiro atoms. The first-order valence-electron chi connectivity index (χ1n) is 6.88. The van der Waals surface area contributed by atoms with Gasteiger partial charge in [-0.2, -0.15) is 0 Å². The molecule has 1 aromatic rings. The van der Waals surface area contributed by atoms with Crippen LogP contribution in [0.2, 0.25) is 5.02 Å². The summed E-state index contributed by atoms with van der Waals surface area (Å²) in [6.07, 6.45) is 5.16. The van der Waals surface area contributed by atoms with Gasteiger partial charge in [-0.15, -0.1) is 0 Å². The number of methoxy groups -OCH3 is 1. The normalized spacial score (nSPS) is 15.7. The summed E-state index contributed by atoms with van der Waals surface area (Å²) in [5.74, 6) is 2.06. The molecule has 0 unspecified atom stereocenters. The van der Waals surface area contributed by atoms with Gasteiger partial charge >= 0.3 is 0 Å². The van der Waals surface area contributed by atoms with Crippen LogP contribution in [0.5, 0.6) is 11.5 Å². The fraction of sp³-hybridized carbons (Fsp3) is 0.600. The van der Waals surface area contributed by atoms with Crippen molar-refractivity contribution in [3.8, 4) is 11.5 Å². The van der Waals surface area contributed by atoms with E-state index in [4.69, 9.17) is 21.1 Å². The molecule has 0 aromatic heterocycles. The summed E-state index contributed by atoms with van der Waals surface area (Å²) < 4.78 is 11.3. The van der Waals surface area contributed by atoms with E-state index in [2.05, 4.69) is 5.32 Å². The van der Waals surface area contributed by atoms with Crippen LogP contribution in [0, 0.1) is 5.92 Å². The van der Waals surface area contributed by atoms with Crippen LogP contribution in [0.25, 0.3) is 0 Å². The van der Waals surface area contributed by atoms with E-state index in [0.29, 0.717) is 16.7 Å². The minimum Gasteiger partial charge on any atom is -0.493 e. The number of halogens is 1. The largest absolute Gasteiger partial charge is 0.493 e. The van der Waals surface area contributed by atoms with E-state index in [0.717, 1.165) is 24.5 Å². The van der Waals surface area contributed by atoms with Crippen LogP contribution in [0.1, 0.15) is 31.2 Å². The monoisotopic (exact) mass is 283 g/mol. The van der Waals surface area contributed by atoms with Crippen LogP contribution in [-0.2, 0) is 6.54 Å². The molecule has 1 aliphatic rings. The summed E-state index contributed by atoms with van der Waals surface area (Å²) in [6.45, 7) is 1.50. The molecule has 3 nitrogen and oxygen atoms in total. The number of benzene rings is 1. The minimum atomic E-state index is 0.627. The second kappa shape index (κ2) is 7.01. The average Bonchev–Trinajstić information content (AvgIpc) is 2.90. The molecule has 4 heteroatoms. The first-order valence-corrected chi connectivity index (χ1v) is 7.26. The third-order valence-corrected chi connectivity index (χ3v) is 3.89. The van der Waals surface area contributed by atoms with Gasteiger partial charge in [0, 0.05) is 6.54 Å². The van der Waals surface area contributed by atoms with E-state index >= 15 is 0 Å². The Kier molecular flexibility index (Phi) is 5.34. The fourth-order valence-electron chi connectivity index (χ4n) is 2.60. The molecule has 106 valence electrons. The van der Waals surface area contributed by atoms with Gasteiger partial charge in [0.2, 0.25) is 0 Å². The lowest BCUT2D eigenvalue weighted by Gasteiger charge is -2.16. The highest BCUT2D eigenvalue weighted by Gasteiger charge is 2.18. The maximum atomic E-state index is 6.30. The van der Waals surface area contributed by atoms with E-state index < -0.39 is 0 Å². The number of hydrogen-bond donors (Lipinski definition) is 1. The number of ether oxygens (including phenoxy) is 2. The Morgan fingerprint density at radius 2 is 2.05 bits per heavy atom. The lowest BCUT2D eigenvalue weighted by molar-refractivity contribution is 0.241. The van der Waals surface area contributed by atoms with Crippen molar-refractivity contribution in [2.75, 3.05) is 20.8 Å². The summed E-state index contributed by atoms with van der Waals surface area (Å²) in [4.78, 5) is 0. The second-order valence-corrected chi connectivity index (χ2v) is 5.51. The zero-order chi connectivity index (χ0) is 13.7. The second-order valence-electron chi connectivity index (χ2n) is 5.10. The number of hydrogen-bond acceptors (Lipinski definition) is 3. The third kappa shape index (κ3) is 3.77. The molecule has 1 saturated carbocycles. The van der Waals surface area contributed by atoms with Gasteiger partial charge in [0.15, 0.2) is 11.5 Å². The molecule has 2 rings (SSSR count). The van der Waals surface area contributed by atoms with Crippen LogP contribution in [0.4, 0.5) is 0 Å². The van der Waals surface area contributed by atoms with Crippen molar-refractivity contribution in [1.29, 1.82) is 0 Å². The van der Waals surface area contributed by atoms with Crippen molar-refractivity contribution in [3.05, 3.63) is 22.7 Å². The first-order chi connectivity index (χ1) is 9.24. The van der Waals surface area contributed by atoms with E-state index in [1.807, 2.05) is 19.2 Å². The summed E-state index contributed by atoms with van der Waals surface area (Å²) >= 11 is 6.30. The van der Waals surface area contributed by atoms with Crippen molar-refractivity contribution >= 4 is 11.6 Å². The van der Waals surface area contributed by atoms with Gasteiger partial charge in [-0.25, -0.2) is 0 Å². The van der Waals surface area contributed by atoms with Crippen LogP contribution < -0.4 is 14.8 Å². The summed E-state index contributed by atoms with van der Waals surface area (Å²) in [7, 11) is 3.56. The maximum Gasteiger partial charge on any atom is 0.179 e. The van der Waals surface area contributed by atoms with E-state index in [1.165, 1.54) is 25.7 Å². The van der Waals surface area contributed by atoms with Gasteiger partial charge in [0.05, 0.1) is 18.7 Å². The van der Waals surface area contributed by atoms with Crippen LogP contribution in [0.3, 0.4) is 0 Å². The van der Waals surface area contributed by atoms with Crippen molar-refractivity contribution in [2.45, 2.75) is 32.2 Å². The molecule has 1 aliphatic carbocycles. The zero-order valence-electron chi connectivity index (χ0n) is 11.7. The smallest absolute Gasteiger partial charge is 0.179 e. The maximum absolute atomic E-state index is 6.30. The quantitative estimate of drug-likeness (QED) is 0.865. The Labute approximate surface area is 120 Å². The molecule has 0 saturated heterocycles. The molecule has 0 atom stereocenters. The number of rotatable bonds is 6. The Morgan fingerprint density at radius 3 is 2.68 bits per heavy atom. The van der Waals surface area contributed by atoms with E-state index in [1.54, 1.807) is 7.11 Å². The summed E-state index contributed by atoms with van der Waals surface area (Å²) in [6, 6.07) is 3.91. The highest BCUT2D eigenvalue weighted by molar-refractivity contribution is 6.32. The molecule has 0 bridgehead atoms. The molecule has 1 fully saturated rings. The van der Waals surface area contributed by atoms with Crippen molar-refractivity contribution in [3.63, 3.8) is 0 Å². The molecule has 19 heavy (non-hydrogen) atoms. The highest BCUT2D eigenvalue weighted by atomic mass is 35.5. The lowest BCUT2D eigenvalue weighted by Crippen LogP contribution is -2.10. The highest BCUT2D eigenvalue weighted by Crippen LogP contribution is 2.37. The first kappa shape index (κ1) is 14.5. The molecule has 1 aromatic carbocycles. The van der Waals surface area contributed by atoms with E-state index in [-0.39, 0.29) is 0 Å². The van der Waals surface area contributed by atoms with Crippen LogP contribution in [-0.4, -0.2) is 20.8 Å². The third-order valence-electron chi connectivity index (χ3n) is 3.61. The molecular weight excluding hydrogens is 262 g/mol. The summed E-state index contributed by atoms with van der Waals surface area (Å²) in [5.41, 5.74) is 1.09. The van der Waals surface area contributed by atoms with Gasteiger partial charge in [-0.3, -0.25) is 0 Å². The predicted molar refractivity (Wildman–Crippen MR) is 78.2 cm³/mol. The molecule has 0 aliphatic heterocycles. The Morgan fingerprint density at radius 1 is 1.32 bits per heavy atom. The predicted octanol–water partition coefficient (Wildman–Crippen LogP) is 3.64. The molecule has 1 N–H and O–H groups in total. The van der Waals surface area contributed by atoms with Crippen molar-refractivity contribution in [2.24, 2.45) is 5.92 Å². The van der Waals surface area contributed by atoms with Crippen LogP contribution in [0.15, 0.2) is 12.1 Å². The molecule has 0 radical (unpaired) electrons. The fourth-order valence-corrected chi connectivity index (χ4v) is 2.89. The lowest BCUT2D eigenvalue weighted by atomic mass is 10.1. The Hall–Kier alpha value is -0.930. The van der Waals surface area contributed by atoms with Gasteiger partial charge in [0.1, 0.15) is 0 Å². The average molecular weight is 284 g/mol. The van der Waals surface area contributed by atoms with Gasteiger partial charge in [-0.1, -0.05) is 24.4 Å². The molecule has 0 heterocycles. The number of nitrogens with one attached hydrogen (secondary N) is 1. The minimum absolute atomic E-state index is 0.627. The van der Waals surface area contributed by atoms with E-state index in [9.17, 15) is 0 Å². The Bertz CT molecular complexity index is 417. The SMILES string of the molecule is CNCc1cc(Cl)c(OCC2CCCC2)c(OC)c1. The van der Waals surface area contributed by atoms with Gasteiger partial charge < -0.3 is 14.8 Å². The van der Waals surface area contributed by atoms with Crippen molar-refractivity contribution in [1.82, 2.24) is 5.32 Å². The van der Waals surface area contributed by atoms with Crippen molar-refractivity contribution < 1.29 is 9.47 Å². The summed E-state index contributed by atoms with van der Waals surface area (Å²) in [5, 5.41) is 3.73. The molecular formula is C15H22ClNO2. The Balaban J connectivity index is 2.09. The van der Waals surface area contributed by atoms with Gasteiger partial charge in [-0.05, 0) is 43.5 Å². The zero-order valence-corrected chi connectivity index (χ0v) is 12.4. The van der Waals surface area contributed by atoms with Gasteiger partial charge in [0.25, 0.3) is 0 Å². The molecule has 0 amide bonds. The standard InChI is InChI=1S/C15H22ClNO2/c1-17-9-12-7-13(16)15(14(8-12)18-2)19-10-11-5-3-4-6-11/h7-8,11,17H,3-6,9-10H2,1-2H3. The topological polar surface area (TPSA) is 30.5 Å². The van der Waals surface area contributed by atoms with Crippen LogP contribution >= 0.6 is 11.6 Å².